The number of amides is 2. The molecule has 114 valence electrons. The summed E-state index contributed by atoms with van der Waals surface area (Å²) < 4.78 is 0. The summed E-state index contributed by atoms with van der Waals surface area (Å²) in [6.07, 6.45) is 0.676. The molecular weight excluding hydrogens is 280 g/mol. The fourth-order valence-electron chi connectivity index (χ4n) is 3.21. The molecule has 1 aliphatic heterocycles. The van der Waals surface area contributed by atoms with Crippen LogP contribution in [0, 0.1) is 6.92 Å². The first-order valence-corrected chi connectivity index (χ1v) is 7.31. The van der Waals surface area contributed by atoms with Crippen LogP contribution in [-0.4, -0.2) is 34.5 Å². The van der Waals surface area contributed by atoms with Crippen LogP contribution in [0.2, 0.25) is 0 Å². The standard InChI is InChI=1S/C17H18N2O3/c1-9-17(12-7-15(21)19(3)16(22)8-12)13-5-4-11(10(2)20)6-14(13)18-9/h4-6,12,18H,7-8H2,1-3H3. The summed E-state index contributed by atoms with van der Waals surface area (Å²) in [6.45, 7) is 3.47. The number of aryl methyl sites for hydroxylation is 1. The second kappa shape index (κ2) is 5.09. The number of aromatic nitrogens is 1. The molecule has 0 spiro atoms. The van der Waals surface area contributed by atoms with Gasteiger partial charge in [-0.05, 0) is 25.5 Å². The number of carbonyl (C=O) groups excluding carboxylic acids is 3. The van der Waals surface area contributed by atoms with Gasteiger partial charge < -0.3 is 4.98 Å². The van der Waals surface area contributed by atoms with Gasteiger partial charge in [0.25, 0.3) is 0 Å². The van der Waals surface area contributed by atoms with Gasteiger partial charge >= 0.3 is 0 Å². The van der Waals surface area contributed by atoms with Crippen molar-refractivity contribution in [3.8, 4) is 0 Å². The molecule has 0 bridgehead atoms. The van der Waals surface area contributed by atoms with Crippen molar-refractivity contribution in [3.05, 3.63) is 35.0 Å². The number of nitrogens with zero attached hydrogens (tertiary/aromatic N) is 1. The van der Waals surface area contributed by atoms with E-state index in [1.54, 1.807) is 6.07 Å². The van der Waals surface area contributed by atoms with E-state index in [2.05, 4.69) is 4.98 Å². The number of benzene rings is 1. The number of aromatic amines is 1. The number of hydrogen-bond acceptors (Lipinski definition) is 3. The van der Waals surface area contributed by atoms with Crippen LogP contribution in [0.25, 0.3) is 10.9 Å². The van der Waals surface area contributed by atoms with Gasteiger partial charge in [0.15, 0.2) is 5.78 Å². The Morgan fingerprint density at radius 2 is 1.86 bits per heavy atom. The molecule has 0 unspecified atom stereocenters. The lowest BCUT2D eigenvalue weighted by molar-refractivity contribution is -0.146. The van der Waals surface area contributed by atoms with Crippen molar-refractivity contribution in [3.63, 3.8) is 0 Å². The van der Waals surface area contributed by atoms with Crippen LogP contribution in [0.15, 0.2) is 18.2 Å². The average Bonchev–Trinajstić information content (AvgIpc) is 2.79. The van der Waals surface area contributed by atoms with E-state index in [1.165, 1.54) is 18.9 Å². The van der Waals surface area contributed by atoms with E-state index in [9.17, 15) is 14.4 Å². The van der Waals surface area contributed by atoms with Gasteiger partial charge in [-0.2, -0.15) is 0 Å². The summed E-state index contributed by atoms with van der Waals surface area (Å²) in [7, 11) is 1.53. The number of carbonyl (C=O) groups is 3. The molecule has 0 aliphatic carbocycles. The molecule has 0 saturated carbocycles. The Kier molecular flexibility index (Phi) is 3.35. The Hall–Kier alpha value is -2.43. The van der Waals surface area contributed by atoms with Crippen LogP contribution >= 0.6 is 0 Å². The fraction of sp³-hybridized carbons (Fsp3) is 0.353. The Balaban J connectivity index is 2.07. The second-order valence-electron chi connectivity index (χ2n) is 5.93. The monoisotopic (exact) mass is 298 g/mol. The topological polar surface area (TPSA) is 70.2 Å². The van der Waals surface area contributed by atoms with Crippen molar-refractivity contribution < 1.29 is 14.4 Å². The number of H-pyrrole nitrogens is 1. The molecule has 1 aromatic carbocycles. The van der Waals surface area contributed by atoms with Gasteiger partial charge in [0.05, 0.1) is 0 Å². The maximum atomic E-state index is 12.0. The zero-order valence-corrected chi connectivity index (χ0v) is 12.9. The van der Waals surface area contributed by atoms with Crippen molar-refractivity contribution in [2.45, 2.75) is 32.6 Å². The van der Waals surface area contributed by atoms with Crippen LogP contribution in [0.5, 0.6) is 0 Å². The molecule has 5 heteroatoms. The normalized spacial score (nSPS) is 16.6. The van der Waals surface area contributed by atoms with Gasteiger partial charge in [-0.3, -0.25) is 19.3 Å². The summed E-state index contributed by atoms with van der Waals surface area (Å²) in [5.41, 5.74) is 3.49. The molecule has 0 atom stereocenters. The van der Waals surface area contributed by atoms with Crippen molar-refractivity contribution >= 4 is 28.5 Å². The van der Waals surface area contributed by atoms with Crippen molar-refractivity contribution in [2.24, 2.45) is 0 Å². The number of rotatable bonds is 2. The third-order valence-corrected chi connectivity index (χ3v) is 4.44. The zero-order valence-electron chi connectivity index (χ0n) is 12.9. The van der Waals surface area contributed by atoms with Crippen molar-refractivity contribution in [1.29, 1.82) is 0 Å². The third kappa shape index (κ3) is 2.22. The average molecular weight is 298 g/mol. The molecule has 1 saturated heterocycles. The first-order valence-electron chi connectivity index (χ1n) is 7.31. The summed E-state index contributed by atoms with van der Waals surface area (Å²) in [5.74, 6) is -0.376. The number of fused-ring (bicyclic) bond motifs is 1. The predicted octanol–water partition coefficient (Wildman–Crippen LogP) is 2.54. The Bertz CT molecular complexity index is 786. The summed E-state index contributed by atoms with van der Waals surface area (Å²) in [5, 5.41) is 0.984. The highest BCUT2D eigenvalue weighted by Crippen LogP contribution is 2.36. The summed E-state index contributed by atoms with van der Waals surface area (Å²) in [4.78, 5) is 39.9. The molecule has 5 nitrogen and oxygen atoms in total. The molecule has 2 aromatic rings. The minimum atomic E-state index is -0.143. The molecule has 0 radical (unpaired) electrons. The molecule has 1 aromatic heterocycles. The van der Waals surface area contributed by atoms with Gasteiger partial charge in [0, 0.05) is 48.0 Å². The minimum absolute atomic E-state index is 0.0142. The molecule has 1 aliphatic rings. The number of Topliss-reactive ketones (excluding diaryl/α,β-unsaturated/α-hetero) is 1. The molecule has 1 fully saturated rings. The highest BCUT2D eigenvalue weighted by Gasteiger charge is 2.33. The fourth-order valence-corrected chi connectivity index (χ4v) is 3.21. The van der Waals surface area contributed by atoms with E-state index in [0.717, 1.165) is 22.2 Å². The highest BCUT2D eigenvalue weighted by molar-refractivity contribution is 6.01. The van der Waals surface area contributed by atoms with E-state index in [0.29, 0.717) is 18.4 Å². The Morgan fingerprint density at radius 3 is 2.45 bits per heavy atom. The van der Waals surface area contributed by atoms with E-state index in [1.807, 2.05) is 19.1 Å². The predicted molar refractivity (Wildman–Crippen MR) is 82.8 cm³/mol. The quantitative estimate of drug-likeness (QED) is 0.684. The van der Waals surface area contributed by atoms with Gasteiger partial charge in [0.1, 0.15) is 0 Å². The number of hydrogen-bond donors (Lipinski definition) is 1. The van der Waals surface area contributed by atoms with Gasteiger partial charge in [-0.15, -0.1) is 0 Å². The first-order chi connectivity index (χ1) is 10.4. The molecule has 2 amide bonds. The molecule has 1 N–H and O–H groups in total. The van der Waals surface area contributed by atoms with E-state index < -0.39 is 0 Å². The number of likely N-dealkylation sites (tertiary alicyclic amines) is 1. The summed E-state index contributed by atoms with van der Waals surface area (Å²) in [6, 6.07) is 5.52. The minimum Gasteiger partial charge on any atom is -0.358 e. The van der Waals surface area contributed by atoms with E-state index in [4.69, 9.17) is 0 Å². The maximum Gasteiger partial charge on any atom is 0.229 e. The van der Waals surface area contributed by atoms with Crippen LogP contribution < -0.4 is 0 Å². The van der Waals surface area contributed by atoms with Crippen LogP contribution in [0.4, 0.5) is 0 Å². The van der Waals surface area contributed by atoms with Crippen LogP contribution in [0.3, 0.4) is 0 Å². The Labute approximate surface area is 128 Å². The number of imide groups is 1. The van der Waals surface area contributed by atoms with E-state index in [-0.39, 0.29) is 23.5 Å². The second-order valence-corrected chi connectivity index (χ2v) is 5.93. The first kappa shape index (κ1) is 14.5. The summed E-state index contributed by atoms with van der Waals surface area (Å²) >= 11 is 0. The molecule has 3 rings (SSSR count). The number of nitrogens with one attached hydrogen (secondary N) is 1. The van der Waals surface area contributed by atoms with Crippen LogP contribution in [0.1, 0.15) is 47.3 Å². The van der Waals surface area contributed by atoms with Gasteiger partial charge in [-0.25, -0.2) is 0 Å². The van der Waals surface area contributed by atoms with Crippen molar-refractivity contribution in [2.75, 3.05) is 7.05 Å². The van der Waals surface area contributed by atoms with E-state index >= 15 is 0 Å². The Morgan fingerprint density at radius 1 is 1.23 bits per heavy atom. The van der Waals surface area contributed by atoms with Gasteiger partial charge in [-0.1, -0.05) is 12.1 Å². The number of piperidine rings is 1. The highest BCUT2D eigenvalue weighted by atomic mass is 16.2. The third-order valence-electron chi connectivity index (χ3n) is 4.44. The lowest BCUT2D eigenvalue weighted by Crippen LogP contribution is -2.39. The SMILES string of the molecule is CC(=O)c1ccc2c(C3CC(=O)N(C)C(=O)C3)c(C)[nH]c2c1. The van der Waals surface area contributed by atoms with Gasteiger partial charge in [0.2, 0.25) is 11.8 Å². The lowest BCUT2D eigenvalue weighted by atomic mass is 9.86. The van der Waals surface area contributed by atoms with Crippen molar-refractivity contribution in [1.82, 2.24) is 9.88 Å². The zero-order chi connectivity index (χ0) is 16.0. The number of ketones is 1. The maximum absolute atomic E-state index is 12.0. The smallest absolute Gasteiger partial charge is 0.229 e. The van der Waals surface area contributed by atoms with Crippen LogP contribution in [-0.2, 0) is 9.59 Å². The molecular formula is C17H18N2O3. The molecule has 2 heterocycles. The lowest BCUT2D eigenvalue weighted by Gasteiger charge is -2.27. The largest absolute Gasteiger partial charge is 0.358 e. The molecule has 22 heavy (non-hydrogen) atoms.